The normalized spacial score (nSPS) is 20.9. The number of nitrogens with zero attached hydrogens (tertiary/aromatic N) is 4. The Morgan fingerprint density at radius 2 is 1.97 bits per heavy atom. The van der Waals surface area contributed by atoms with Crippen LogP contribution >= 0.6 is 0 Å². The van der Waals surface area contributed by atoms with Crippen LogP contribution in [0.25, 0.3) is 0 Å². The Hall–Kier alpha value is -3.12. The molecule has 2 heterocycles. The van der Waals surface area contributed by atoms with Gasteiger partial charge in [0, 0.05) is 56.7 Å². The molecule has 3 aromatic rings. The van der Waals surface area contributed by atoms with Crippen LogP contribution in [0, 0.1) is 11.6 Å². The lowest BCUT2D eigenvalue weighted by Gasteiger charge is -2.22. The van der Waals surface area contributed by atoms with E-state index >= 15 is 0 Å². The molecule has 1 aromatic carbocycles. The van der Waals surface area contributed by atoms with Gasteiger partial charge in [0.25, 0.3) is 10.0 Å². The average Bonchev–Trinajstić information content (AvgIpc) is 3.36. The summed E-state index contributed by atoms with van der Waals surface area (Å²) < 4.78 is 69.6. The van der Waals surface area contributed by atoms with Gasteiger partial charge in [-0.2, -0.15) is 5.10 Å². The van der Waals surface area contributed by atoms with Crippen LogP contribution in [0.5, 0.6) is 5.75 Å². The molecular weight excluding hydrogens is 444 g/mol. The molecule has 3 unspecified atom stereocenters. The van der Waals surface area contributed by atoms with Crippen LogP contribution < -0.4 is 9.46 Å². The molecule has 0 aliphatic heterocycles. The Morgan fingerprint density at radius 1 is 1.16 bits per heavy atom. The minimum Gasteiger partial charge on any atom is -0.486 e. The Labute approximate surface area is 183 Å². The Bertz CT molecular complexity index is 1210. The molecule has 0 radical (unpaired) electrons. The van der Waals surface area contributed by atoms with E-state index in [4.69, 9.17) is 9.47 Å². The van der Waals surface area contributed by atoms with Gasteiger partial charge in [0.05, 0.1) is 6.10 Å². The Morgan fingerprint density at radius 3 is 2.62 bits per heavy atom. The molecule has 1 aliphatic rings. The molecule has 1 fully saturated rings. The molecular formula is C20H21F2N5O4S. The van der Waals surface area contributed by atoms with Crippen molar-refractivity contribution in [3.05, 3.63) is 60.3 Å². The van der Waals surface area contributed by atoms with E-state index in [1.807, 2.05) is 6.07 Å². The van der Waals surface area contributed by atoms with Gasteiger partial charge in [-0.3, -0.25) is 9.40 Å². The highest BCUT2D eigenvalue weighted by Crippen LogP contribution is 2.39. The molecule has 0 saturated heterocycles. The van der Waals surface area contributed by atoms with E-state index in [0.29, 0.717) is 18.9 Å². The van der Waals surface area contributed by atoms with E-state index < -0.39 is 32.7 Å². The summed E-state index contributed by atoms with van der Waals surface area (Å²) >= 11 is 0. The molecule has 0 amide bonds. The van der Waals surface area contributed by atoms with E-state index in [1.54, 1.807) is 25.0 Å². The van der Waals surface area contributed by atoms with Gasteiger partial charge >= 0.3 is 0 Å². The monoisotopic (exact) mass is 465 g/mol. The van der Waals surface area contributed by atoms with Crippen molar-refractivity contribution in [1.82, 2.24) is 19.7 Å². The van der Waals surface area contributed by atoms with Crippen molar-refractivity contribution in [3.63, 3.8) is 0 Å². The van der Waals surface area contributed by atoms with Gasteiger partial charge < -0.3 is 9.47 Å². The van der Waals surface area contributed by atoms with E-state index in [1.165, 1.54) is 12.3 Å². The molecule has 1 N–H and O–H groups in total. The minimum atomic E-state index is -4.42. The molecule has 1 aliphatic carbocycles. The van der Waals surface area contributed by atoms with E-state index in [-0.39, 0.29) is 23.6 Å². The van der Waals surface area contributed by atoms with Crippen molar-refractivity contribution >= 4 is 15.8 Å². The number of aryl methyl sites for hydroxylation is 1. The first kappa shape index (κ1) is 22.1. The number of hydrogen-bond donors (Lipinski definition) is 1. The Balaban J connectivity index is 1.60. The van der Waals surface area contributed by atoms with Gasteiger partial charge in [0.2, 0.25) is 0 Å². The van der Waals surface area contributed by atoms with Crippen LogP contribution in [0.2, 0.25) is 0 Å². The maximum Gasteiger partial charge on any atom is 0.266 e. The average molecular weight is 465 g/mol. The molecule has 4 rings (SSSR count). The number of rotatable bonds is 7. The summed E-state index contributed by atoms with van der Waals surface area (Å²) in [7, 11) is -1.05. The summed E-state index contributed by atoms with van der Waals surface area (Å²) in [5.74, 6) is -2.76. The number of halogens is 2. The van der Waals surface area contributed by atoms with Gasteiger partial charge in [0.1, 0.15) is 29.0 Å². The van der Waals surface area contributed by atoms with Crippen molar-refractivity contribution in [2.24, 2.45) is 7.05 Å². The molecule has 0 spiro atoms. The fourth-order valence-corrected chi connectivity index (χ4v) is 4.93. The highest BCUT2D eigenvalue weighted by Gasteiger charge is 2.39. The lowest BCUT2D eigenvalue weighted by Crippen LogP contribution is -2.23. The van der Waals surface area contributed by atoms with Crippen LogP contribution in [-0.2, 0) is 21.8 Å². The zero-order chi connectivity index (χ0) is 22.9. The van der Waals surface area contributed by atoms with Crippen LogP contribution in [0.1, 0.15) is 24.5 Å². The quantitative estimate of drug-likeness (QED) is 0.571. The van der Waals surface area contributed by atoms with E-state index in [2.05, 4.69) is 19.8 Å². The first-order valence-corrected chi connectivity index (χ1v) is 11.2. The van der Waals surface area contributed by atoms with Crippen molar-refractivity contribution in [2.45, 2.75) is 35.9 Å². The fraction of sp³-hybridized carbons (Fsp3) is 0.350. The van der Waals surface area contributed by atoms with Crippen LogP contribution in [-0.4, -0.2) is 47.5 Å². The smallest absolute Gasteiger partial charge is 0.266 e. The van der Waals surface area contributed by atoms with Gasteiger partial charge in [-0.25, -0.2) is 27.2 Å². The number of aromatic nitrogens is 4. The summed E-state index contributed by atoms with van der Waals surface area (Å²) in [4.78, 5) is 6.54. The van der Waals surface area contributed by atoms with Crippen LogP contribution in [0.3, 0.4) is 0 Å². The second-order valence-corrected chi connectivity index (χ2v) is 9.04. The van der Waals surface area contributed by atoms with Crippen LogP contribution in [0.15, 0.2) is 47.9 Å². The third-order valence-corrected chi connectivity index (χ3v) is 6.78. The Kier molecular flexibility index (Phi) is 6.07. The second-order valence-electron chi connectivity index (χ2n) is 7.38. The number of benzene rings is 1. The largest absolute Gasteiger partial charge is 0.486 e. The van der Waals surface area contributed by atoms with Crippen molar-refractivity contribution < 1.29 is 26.7 Å². The van der Waals surface area contributed by atoms with E-state index in [9.17, 15) is 17.2 Å². The SMILES string of the molecule is COC1CC(Oc2cc(F)c(S(=O)(=O)Nc3ccncn3)cc2F)C(c2ccnn2C)C1. The second kappa shape index (κ2) is 8.79. The maximum atomic E-state index is 14.8. The third kappa shape index (κ3) is 4.41. The zero-order valence-corrected chi connectivity index (χ0v) is 18.1. The predicted octanol–water partition coefficient (Wildman–Crippen LogP) is 2.63. The van der Waals surface area contributed by atoms with Gasteiger partial charge in [-0.15, -0.1) is 0 Å². The first-order chi connectivity index (χ1) is 15.3. The summed E-state index contributed by atoms with van der Waals surface area (Å²) in [5, 5.41) is 4.16. The number of hydrogen-bond acceptors (Lipinski definition) is 7. The molecule has 9 nitrogen and oxygen atoms in total. The molecule has 0 bridgehead atoms. The van der Waals surface area contributed by atoms with Crippen molar-refractivity contribution in [2.75, 3.05) is 11.8 Å². The maximum absolute atomic E-state index is 14.8. The summed E-state index contributed by atoms with van der Waals surface area (Å²) in [5.41, 5.74) is 0.878. The van der Waals surface area contributed by atoms with Gasteiger partial charge in [0.15, 0.2) is 11.6 Å². The number of methoxy groups -OCH3 is 1. The molecule has 170 valence electrons. The molecule has 32 heavy (non-hydrogen) atoms. The summed E-state index contributed by atoms with van der Waals surface area (Å²) in [6, 6.07) is 4.46. The van der Waals surface area contributed by atoms with E-state index in [0.717, 1.165) is 18.1 Å². The molecule has 2 aromatic heterocycles. The highest BCUT2D eigenvalue weighted by molar-refractivity contribution is 7.92. The highest BCUT2D eigenvalue weighted by atomic mass is 32.2. The van der Waals surface area contributed by atoms with Crippen LogP contribution in [0.4, 0.5) is 14.6 Å². The molecule has 3 atom stereocenters. The van der Waals surface area contributed by atoms with Gasteiger partial charge in [-0.05, 0) is 18.6 Å². The van der Waals surface area contributed by atoms with Crippen molar-refractivity contribution in [3.8, 4) is 5.75 Å². The van der Waals surface area contributed by atoms with Crippen molar-refractivity contribution in [1.29, 1.82) is 0 Å². The number of nitrogens with one attached hydrogen (secondary N) is 1. The fourth-order valence-electron chi connectivity index (χ4n) is 3.85. The third-order valence-electron chi connectivity index (χ3n) is 5.41. The minimum absolute atomic E-state index is 0.0734. The molecule has 1 saturated carbocycles. The zero-order valence-electron chi connectivity index (χ0n) is 17.3. The first-order valence-electron chi connectivity index (χ1n) is 9.73. The molecule has 12 heteroatoms. The number of ether oxygens (including phenoxy) is 2. The standard InChI is InChI=1S/C20H21F2N5O4S/c1-27-16(3-6-25-27)13-7-12(30-2)8-17(13)31-18-9-15(22)19(10-14(18)21)32(28,29)26-20-4-5-23-11-24-20/h3-6,9-13,17H,7-8H2,1-2H3,(H,23,24,26). The number of anilines is 1. The summed E-state index contributed by atoms with van der Waals surface area (Å²) in [6.45, 7) is 0. The number of sulfonamides is 1. The summed E-state index contributed by atoms with van der Waals surface area (Å²) in [6.07, 6.45) is 4.54. The lowest BCUT2D eigenvalue weighted by atomic mass is 10.0. The van der Waals surface area contributed by atoms with Gasteiger partial charge in [-0.1, -0.05) is 0 Å². The topological polar surface area (TPSA) is 108 Å². The lowest BCUT2D eigenvalue weighted by molar-refractivity contribution is 0.0937. The predicted molar refractivity (Wildman–Crippen MR) is 110 cm³/mol.